The molecule has 0 unspecified atom stereocenters. The van der Waals surface area contributed by atoms with Crippen molar-refractivity contribution in [3.05, 3.63) is 0 Å². The molecular formula is C7H14N2O2. The molecule has 4 N–H and O–H groups in total. The van der Waals surface area contributed by atoms with E-state index >= 15 is 0 Å². The standard InChI is InChI=1S/C7H14N2O2/c8-6(3-7(9)10)5-1-2-11-4-5/h5-6H,1-4,8H2,(H2,9,10)/t5-,6+/m1/s1. The minimum Gasteiger partial charge on any atom is -0.381 e. The third kappa shape index (κ3) is 2.48. The number of carbonyl (C=O) groups is 1. The summed E-state index contributed by atoms with van der Waals surface area (Å²) in [5.41, 5.74) is 10.7. The zero-order chi connectivity index (χ0) is 8.27. The first-order valence-corrected chi connectivity index (χ1v) is 3.82. The van der Waals surface area contributed by atoms with Crippen molar-refractivity contribution in [3.63, 3.8) is 0 Å². The topological polar surface area (TPSA) is 78.3 Å². The first-order chi connectivity index (χ1) is 5.20. The average molecular weight is 158 g/mol. The predicted molar refractivity (Wildman–Crippen MR) is 40.7 cm³/mol. The van der Waals surface area contributed by atoms with E-state index in [4.69, 9.17) is 16.2 Å². The van der Waals surface area contributed by atoms with Crippen LogP contribution in [-0.4, -0.2) is 25.2 Å². The van der Waals surface area contributed by atoms with Crippen LogP contribution in [0, 0.1) is 5.92 Å². The van der Waals surface area contributed by atoms with Crippen LogP contribution in [0.25, 0.3) is 0 Å². The highest BCUT2D eigenvalue weighted by Gasteiger charge is 2.23. The fraction of sp³-hybridized carbons (Fsp3) is 0.857. The molecule has 0 bridgehead atoms. The SMILES string of the molecule is NC(=O)C[C@H](N)[C@@H]1CCOC1. The maximum Gasteiger partial charge on any atom is 0.218 e. The van der Waals surface area contributed by atoms with Crippen LogP contribution in [0.1, 0.15) is 12.8 Å². The number of amides is 1. The van der Waals surface area contributed by atoms with Crippen LogP contribution >= 0.6 is 0 Å². The monoisotopic (exact) mass is 158 g/mol. The molecule has 1 heterocycles. The summed E-state index contributed by atoms with van der Waals surface area (Å²) in [6, 6.07) is -0.116. The summed E-state index contributed by atoms with van der Waals surface area (Å²) in [5, 5.41) is 0. The zero-order valence-corrected chi connectivity index (χ0v) is 6.45. The van der Waals surface area contributed by atoms with Gasteiger partial charge in [-0.05, 0) is 6.42 Å². The molecule has 64 valence electrons. The van der Waals surface area contributed by atoms with Gasteiger partial charge in [0, 0.05) is 25.0 Å². The van der Waals surface area contributed by atoms with Crippen LogP contribution in [0.4, 0.5) is 0 Å². The molecule has 1 saturated heterocycles. The summed E-state index contributed by atoms with van der Waals surface area (Å²) in [5.74, 6) is -0.00750. The number of ether oxygens (including phenoxy) is 1. The van der Waals surface area contributed by atoms with Crippen LogP contribution in [0.2, 0.25) is 0 Å². The van der Waals surface area contributed by atoms with Gasteiger partial charge in [0.25, 0.3) is 0 Å². The van der Waals surface area contributed by atoms with E-state index < -0.39 is 0 Å². The lowest BCUT2D eigenvalue weighted by atomic mass is 9.97. The van der Waals surface area contributed by atoms with Gasteiger partial charge in [-0.15, -0.1) is 0 Å². The van der Waals surface area contributed by atoms with Crippen molar-refractivity contribution in [2.75, 3.05) is 13.2 Å². The molecule has 0 saturated carbocycles. The summed E-state index contributed by atoms with van der Waals surface area (Å²) < 4.78 is 5.13. The van der Waals surface area contributed by atoms with Crippen molar-refractivity contribution in [3.8, 4) is 0 Å². The van der Waals surface area contributed by atoms with Gasteiger partial charge in [-0.25, -0.2) is 0 Å². The predicted octanol–water partition coefficient (Wildman–Crippen LogP) is -0.774. The number of hydrogen-bond acceptors (Lipinski definition) is 3. The molecule has 0 aromatic rings. The van der Waals surface area contributed by atoms with E-state index in [-0.39, 0.29) is 18.4 Å². The van der Waals surface area contributed by atoms with Gasteiger partial charge in [0.05, 0.1) is 6.61 Å². The van der Waals surface area contributed by atoms with Crippen molar-refractivity contribution in [2.24, 2.45) is 17.4 Å². The van der Waals surface area contributed by atoms with Gasteiger partial charge in [0.1, 0.15) is 0 Å². The van der Waals surface area contributed by atoms with Crippen molar-refractivity contribution >= 4 is 5.91 Å². The number of rotatable bonds is 3. The van der Waals surface area contributed by atoms with Crippen LogP contribution in [0.3, 0.4) is 0 Å². The molecule has 1 aliphatic rings. The fourth-order valence-electron chi connectivity index (χ4n) is 1.29. The third-order valence-corrected chi connectivity index (χ3v) is 2.01. The Morgan fingerprint density at radius 1 is 1.73 bits per heavy atom. The lowest BCUT2D eigenvalue weighted by Gasteiger charge is -2.14. The zero-order valence-electron chi connectivity index (χ0n) is 6.45. The summed E-state index contributed by atoms with van der Waals surface area (Å²) in [7, 11) is 0. The highest BCUT2D eigenvalue weighted by Crippen LogP contribution is 2.16. The Bertz CT molecular complexity index is 143. The third-order valence-electron chi connectivity index (χ3n) is 2.01. The summed E-state index contributed by atoms with van der Waals surface area (Å²) in [4.78, 5) is 10.5. The number of hydrogen-bond donors (Lipinski definition) is 2. The van der Waals surface area contributed by atoms with E-state index in [0.29, 0.717) is 12.5 Å². The molecule has 4 nitrogen and oxygen atoms in total. The second-order valence-electron chi connectivity index (χ2n) is 2.96. The normalized spacial score (nSPS) is 26.8. The Hall–Kier alpha value is -0.610. The van der Waals surface area contributed by atoms with Crippen molar-refractivity contribution in [1.82, 2.24) is 0 Å². The van der Waals surface area contributed by atoms with Crippen LogP contribution < -0.4 is 11.5 Å². The molecule has 1 aliphatic heterocycles. The summed E-state index contributed by atoms with van der Waals surface area (Å²) in [6.45, 7) is 1.44. The fourth-order valence-corrected chi connectivity index (χ4v) is 1.29. The van der Waals surface area contributed by atoms with Gasteiger partial charge < -0.3 is 16.2 Å². The smallest absolute Gasteiger partial charge is 0.218 e. The minimum atomic E-state index is -0.329. The Kier molecular flexibility index (Phi) is 2.84. The van der Waals surface area contributed by atoms with E-state index in [1.165, 1.54) is 0 Å². The number of nitrogens with two attached hydrogens (primary N) is 2. The Balaban J connectivity index is 2.28. The summed E-state index contributed by atoms with van der Waals surface area (Å²) >= 11 is 0. The average Bonchev–Trinajstić information content (AvgIpc) is 2.35. The quantitative estimate of drug-likeness (QED) is 0.566. The van der Waals surface area contributed by atoms with Crippen LogP contribution in [0.15, 0.2) is 0 Å². The molecule has 1 amide bonds. The van der Waals surface area contributed by atoms with Gasteiger partial charge in [0.15, 0.2) is 0 Å². The van der Waals surface area contributed by atoms with Crippen molar-refractivity contribution in [1.29, 1.82) is 0 Å². The van der Waals surface area contributed by atoms with Crippen molar-refractivity contribution in [2.45, 2.75) is 18.9 Å². The molecule has 2 atom stereocenters. The summed E-state index contributed by atoms with van der Waals surface area (Å²) in [6.07, 6.45) is 1.22. The van der Waals surface area contributed by atoms with Crippen LogP contribution in [0.5, 0.6) is 0 Å². The lowest BCUT2D eigenvalue weighted by molar-refractivity contribution is -0.118. The second kappa shape index (κ2) is 3.69. The highest BCUT2D eigenvalue weighted by molar-refractivity contribution is 5.74. The molecular weight excluding hydrogens is 144 g/mol. The molecule has 0 aliphatic carbocycles. The highest BCUT2D eigenvalue weighted by atomic mass is 16.5. The van der Waals surface area contributed by atoms with Gasteiger partial charge in [-0.3, -0.25) is 4.79 Å². The molecule has 11 heavy (non-hydrogen) atoms. The molecule has 1 fully saturated rings. The Morgan fingerprint density at radius 2 is 2.45 bits per heavy atom. The maximum absolute atomic E-state index is 10.5. The first kappa shape index (κ1) is 8.49. The van der Waals surface area contributed by atoms with Gasteiger partial charge in [0.2, 0.25) is 5.91 Å². The largest absolute Gasteiger partial charge is 0.381 e. The van der Waals surface area contributed by atoms with Gasteiger partial charge in [-0.2, -0.15) is 0 Å². The van der Waals surface area contributed by atoms with Gasteiger partial charge >= 0.3 is 0 Å². The van der Waals surface area contributed by atoms with E-state index in [9.17, 15) is 4.79 Å². The molecule has 1 rings (SSSR count). The second-order valence-corrected chi connectivity index (χ2v) is 2.96. The van der Waals surface area contributed by atoms with E-state index in [0.717, 1.165) is 13.0 Å². The van der Waals surface area contributed by atoms with Crippen LogP contribution in [-0.2, 0) is 9.53 Å². The van der Waals surface area contributed by atoms with Crippen molar-refractivity contribution < 1.29 is 9.53 Å². The molecule has 0 aromatic carbocycles. The van der Waals surface area contributed by atoms with E-state index in [2.05, 4.69) is 0 Å². The number of carbonyl (C=O) groups excluding carboxylic acids is 1. The molecule has 0 aromatic heterocycles. The maximum atomic E-state index is 10.5. The molecule has 0 radical (unpaired) electrons. The van der Waals surface area contributed by atoms with E-state index in [1.807, 2.05) is 0 Å². The first-order valence-electron chi connectivity index (χ1n) is 3.82. The number of primary amides is 1. The Morgan fingerprint density at radius 3 is 2.91 bits per heavy atom. The van der Waals surface area contributed by atoms with Gasteiger partial charge in [-0.1, -0.05) is 0 Å². The molecule has 4 heteroatoms. The minimum absolute atomic E-state index is 0.116. The van der Waals surface area contributed by atoms with E-state index in [1.54, 1.807) is 0 Å². The molecule has 0 spiro atoms. The Labute approximate surface area is 65.9 Å². The lowest BCUT2D eigenvalue weighted by Crippen LogP contribution is -2.34.